The van der Waals surface area contributed by atoms with Crippen LogP contribution in [-0.2, 0) is 4.79 Å². The topological polar surface area (TPSA) is 75.1 Å². The van der Waals surface area contributed by atoms with Gasteiger partial charge in [-0.3, -0.25) is 4.79 Å². The van der Waals surface area contributed by atoms with Crippen LogP contribution in [0, 0.1) is 13.8 Å². The minimum absolute atomic E-state index is 0.201. The quantitative estimate of drug-likeness (QED) is 0.210. The van der Waals surface area contributed by atoms with E-state index in [-0.39, 0.29) is 11.0 Å². The van der Waals surface area contributed by atoms with Crippen LogP contribution in [0.1, 0.15) is 42.0 Å². The van der Waals surface area contributed by atoms with E-state index in [9.17, 15) is 4.79 Å². The number of amides is 1. The summed E-state index contributed by atoms with van der Waals surface area (Å²) in [4.78, 5) is 17.5. The van der Waals surface area contributed by atoms with Crippen molar-refractivity contribution in [3.05, 3.63) is 113 Å². The predicted molar refractivity (Wildman–Crippen MR) is 171 cm³/mol. The van der Waals surface area contributed by atoms with E-state index in [4.69, 9.17) is 22.4 Å². The molecule has 208 valence electrons. The van der Waals surface area contributed by atoms with Crippen LogP contribution in [0.2, 0.25) is 0 Å². The first-order chi connectivity index (χ1) is 19.9. The molecule has 41 heavy (non-hydrogen) atoms. The second kappa shape index (κ2) is 12.3. The monoisotopic (exact) mass is 562 g/mol. The van der Waals surface area contributed by atoms with Crippen LogP contribution in [0.25, 0.3) is 16.7 Å². The van der Waals surface area contributed by atoms with Gasteiger partial charge in [0.05, 0.1) is 11.6 Å². The molecule has 0 aliphatic rings. The number of nitrogens with one attached hydrogen (secondary N) is 2. The molecule has 1 heterocycles. The van der Waals surface area contributed by atoms with E-state index in [2.05, 4.69) is 54.5 Å². The fourth-order valence-corrected chi connectivity index (χ4v) is 5.29. The Hall–Kier alpha value is -4.56. The van der Waals surface area contributed by atoms with Crippen molar-refractivity contribution in [1.82, 2.24) is 20.3 Å². The second-order valence-electron chi connectivity index (χ2n) is 9.99. The van der Waals surface area contributed by atoms with Gasteiger partial charge in [-0.2, -0.15) is 4.80 Å². The fourth-order valence-electron chi connectivity index (χ4n) is 5.08. The zero-order valence-corrected chi connectivity index (χ0v) is 24.6. The number of fused-ring (bicyclic) bond motifs is 1. The van der Waals surface area contributed by atoms with E-state index in [1.54, 1.807) is 4.80 Å². The molecule has 5 rings (SSSR count). The predicted octanol–water partition coefficient (Wildman–Crippen LogP) is 6.53. The Kier molecular flexibility index (Phi) is 8.40. The average Bonchev–Trinajstić information content (AvgIpc) is 3.37. The fraction of sp³-hybridized carbons (Fsp3) is 0.212. The maximum atomic E-state index is 13.5. The average molecular weight is 563 g/mol. The first kappa shape index (κ1) is 28.0. The maximum absolute atomic E-state index is 13.5. The molecule has 0 aliphatic heterocycles. The number of aromatic nitrogens is 3. The summed E-state index contributed by atoms with van der Waals surface area (Å²) < 4.78 is 0. The number of carbonyl (C=O) groups is 1. The van der Waals surface area contributed by atoms with Crippen molar-refractivity contribution in [2.24, 2.45) is 0 Å². The number of carbonyl (C=O) groups excluding carboxylic acids is 1. The summed E-state index contributed by atoms with van der Waals surface area (Å²) in [5.41, 5.74) is 8.22. The van der Waals surface area contributed by atoms with Crippen molar-refractivity contribution in [1.29, 1.82) is 0 Å². The van der Waals surface area contributed by atoms with Crippen LogP contribution >= 0.6 is 12.2 Å². The molecule has 0 aliphatic carbocycles. The molecule has 0 atom stereocenters. The Morgan fingerprint density at radius 2 is 1.41 bits per heavy atom. The number of hydrogen-bond donors (Lipinski definition) is 2. The van der Waals surface area contributed by atoms with Gasteiger partial charge in [0.2, 0.25) is 5.91 Å². The van der Waals surface area contributed by atoms with Gasteiger partial charge in [0.25, 0.3) is 0 Å². The van der Waals surface area contributed by atoms with Crippen molar-refractivity contribution in [3.8, 4) is 5.69 Å². The van der Waals surface area contributed by atoms with Crippen LogP contribution in [-0.4, -0.2) is 39.1 Å². The Balaban J connectivity index is 1.36. The highest BCUT2D eigenvalue weighted by Gasteiger charge is 2.23. The minimum Gasteiger partial charge on any atom is -0.372 e. The molecule has 0 saturated carbocycles. The summed E-state index contributed by atoms with van der Waals surface area (Å²) in [6, 6.07) is 29.7. The van der Waals surface area contributed by atoms with Crippen molar-refractivity contribution in [3.63, 3.8) is 0 Å². The number of nitrogens with zero attached hydrogens (tertiary/aromatic N) is 4. The third kappa shape index (κ3) is 6.12. The van der Waals surface area contributed by atoms with Gasteiger partial charge in [0.1, 0.15) is 11.0 Å². The normalized spacial score (nSPS) is 11.0. The van der Waals surface area contributed by atoms with E-state index >= 15 is 0 Å². The lowest BCUT2D eigenvalue weighted by Gasteiger charge is -2.22. The van der Waals surface area contributed by atoms with Gasteiger partial charge in [-0.05, 0) is 92.5 Å². The Bertz CT molecular complexity index is 1640. The molecule has 0 bridgehead atoms. The van der Waals surface area contributed by atoms with Crippen molar-refractivity contribution >= 4 is 45.6 Å². The highest BCUT2D eigenvalue weighted by Crippen LogP contribution is 2.27. The van der Waals surface area contributed by atoms with Crippen LogP contribution in [0.15, 0.2) is 91.0 Å². The molecule has 2 N–H and O–H groups in total. The summed E-state index contributed by atoms with van der Waals surface area (Å²) >= 11 is 5.58. The molecule has 4 aromatic carbocycles. The SMILES string of the molecule is CCN(CC)c1ccc(-n2nc3cc(C)c(NC(=S)NC(=O)C(c4ccccc4)c4ccccc4)cc3n2)c(C)c1. The maximum Gasteiger partial charge on any atom is 0.238 e. The van der Waals surface area contributed by atoms with Crippen LogP contribution in [0.4, 0.5) is 11.4 Å². The van der Waals surface area contributed by atoms with E-state index in [0.29, 0.717) is 0 Å². The summed E-state index contributed by atoms with van der Waals surface area (Å²) in [6.45, 7) is 10.3. The lowest BCUT2D eigenvalue weighted by atomic mass is 9.90. The highest BCUT2D eigenvalue weighted by atomic mass is 32.1. The third-order valence-electron chi connectivity index (χ3n) is 7.26. The minimum atomic E-state index is -0.489. The van der Waals surface area contributed by atoms with Crippen LogP contribution in [0.5, 0.6) is 0 Å². The van der Waals surface area contributed by atoms with Crippen molar-refractivity contribution < 1.29 is 4.79 Å². The third-order valence-corrected chi connectivity index (χ3v) is 7.47. The largest absolute Gasteiger partial charge is 0.372 e. The van der Waals surface area contributed by atoms with Gasteiger partial charge in [-0.25, -0.2) is 0 Å². The van der Waals surface area contributed by atoms with Crippen molar-refractivity contribution in [2.75, 3.05) is 23.3 Å². The summed E-state index contributed by atoms with van der Waals surface area (Å²) in [7, 11) is 0. The number of hydrogen-bond acceptors (Lipinski definition) is 5. The number of anilines is 2. The zero-order valence-electron chi connectivity index (χ0n) is 23.8. The molecule has 1 aromatic heterocycles. The number of benzene rings is 4. The van der Waals surface area contributed by atoms with E-state index in [1.165, 1.54) is 5.69 Å². The zero-order chi connectivity index (χ0) is 28.9. The summed E-state index contributed by atoms with van der Waals surface area (Å²) in [5, 5.41) is 15.8. The number of aryl methyl sites for hydroxylation is 2. The lowest BCUT2D eigenvalue weighted by molar-refractivity contribution is -0.120. The molecule has 8 heteroatoms. The van der Waals surface area contributed by atoms with Gasteiger partial charge in [0.15, 0.2) is 5.11 Å². The van der Waals surface area contributed by atoms with Gasteiger partial charge in [-0.15, -0.1) is 10.2 Å². The van der Waals surface area contributed by atoms with E-state index in [1.807, 2.05) is 79.7 Å². The lowest BCUT2D eigenvalue weighted by Crippen LogP contribution is -2.38. The molecule has 0 saturated heterocycles. The standard InChI is InChI=1S/C33H34N6OS/c1-5-38(6-2)26-17-18-30(23(4)19-26)39-36-28-20-22(3)27(21-29(28)37-39)34-33(41)35-32(40)31(24-13-9-7-10-14-24)25-15-11-8-12-16-25/h7-21,31H,5-6H2,1-4H3,(H2,34,35,40,41). The van der Waals surface area contributed by atoms with E-state index in [0.717, 1.165) is 57.8 Å². The number of thiocarbonyl (C=S) groups is 1. The molecular weight excluding hydrogens is 528 g/mol. The van der Waals surface area contributed by atoms with Gasteiger partial charge in [0, 0.05) is 24.5 Å². The molecule has 1 amide bonds. The molecule has 0 spiro atoms. The van der Waals surface area contributed by atoms with Crippen molar-refractivity contribution in [2.45, 2.75) is 33.6 Å². The first-order valence-corrected chi connectivity index (χ1v) is 14.2. The van der Waals surface area contributed by atoms with Gasteiger partial charge < -0.3 is 15.5 Å². The molecule has 0 unspecified atom stereocenters. The summed E-state index contributed by atoms with van der Waals surface area (Å²) in [5.74, 6) is -0.690. The van der Waals surface area contributed by atoms with Crippen LogP contribution in [0.3, 0.4) is 0 Å². The molecule has 0 radical (unpaired) electrons. The van der Waals surface area contributed by atoms with E-state index < -0.39 is 5.92 Å². The van der Waals surface area contributed by atoms with Gasteiger partial charge >= 0.3 is 0 Å². The second-order valence-corrected chi connectivity index (χ2v) is 10.4. The Morgan fingerprint density at radius 1 is 0.829 bits per heavy atom. The highest BCUT2D eigenvalue weighted by molar-refractivity contribution is 7.80. The Morgan fingerprint density at radius 3 is 1.98 bits per heavy atom. The smallest absolute Gasteiger partial charge is 0.238 e. The van der Waals surface area contributed by atoms with Gasteiger partial charge in [-0.1, -0.05) is 60.7 Å². The Labute approximate surface area is 246 Å². The first-order valence-electron chi connectivity index (χ1n) is 13.8. The van der Waals surface area contributed by atoms with Crippen LogP contribution < -0.4 is 15.5 Å². The molecule has 0 fully saturated rings. The molecule has 5 aromatic rings. The molecule has 7 nitrogen and oxygen atoms in total. The molecular formula is C33H34N6OS. The number of rotatable bonds is 8. The summed E-state index contributed by atoms with van der Waals surface area (Å²) in [6.07, 6.45) is 0.